The van der Waals surface area contributed by atoms with Crippen LogP contribution < -0.4 is 0 Å². The minimum absolute atomic E-state index is 0.162. The second-order valence-electron chi connectivity index (χ2n) is 1.42. The van der Waals surface area contributed by atoms with Crippen molar-refractivity contribution in [3.05, 3.63) is 0 Å². The highest BCUT2D eigenvalue weighted by Crippen LogP contribution is 1.95. The Bertz CT molecular complexity index is 87.0. The van der Waals surface area contributed by atoms with E-state index in [1.54, 1.807) is 0 Å². The smallest absolute Gasteiger partial charge is 0.306 e. The maximum absolute atomic E-state index is 10.5. The molecule has 0 spiro atoms. The monoisotopic (exact) mass is 262 g/mol. The van der Waals surface area contributed by atoms with Crippen molar-refractivity contribution in [3.63, 3.8) is 0 Å². The zero-order valence-corrected chi connectivity index (χ0v) is 7.81. The van der Waals surface area contributed by atoms with Gasteiger partial charge in [0.05, 0.1) is 0 Å². The molecule has 0 saturated carbocycles. The fourth-order valence-corrected chi connectivity index (χ4v) is 0.825. The van der Waals surface area contributed by atoms with Crippen LogP contribution in [0.4, 0.5) is 0 Å². The molecule has 54 valence electrons. The summed E-state index contributed by atoms with van der Waals surface area (Å²) in [5.41, 5.74) is 0. The van der Waals surface area contributed by atoms with E-state index >= 15 is 0 Å². The number of hydrogen-bond donors (Lipinski definition) is 0. The quantitative estimate of drug-likeness (QED) is 0.440. The van der Waals surface area contributed by atoms with Crippen molar-refractivity contribution in [1.29, 1.82) is 0 Å². The molecule has 0 bridgehead atoms. The Balaban J connectivity index is 3.06. The minimum atomic E-state index is -0.162. The van der Waals surface area contributed by atoms with Crippen LogP contribution >= 0.6 is 34.2 Å². The first-order valence-corrected chi connectivity index (χ1v) is 4.65. The SMILES string of the molecule is O=C(CCCCl)OCI. The number of esters is 1. The van der Waals surface area contributed by atoms with Crippen LogP contribution in [0.25, 0.3) is 0 Å². The highest BCUT2D eigenvalue weighted by Gasteiger charge is 1.98. The van der Waals surface area contributed by atoms with Gasteiger partial charge >= 0.3 is 5.97 Å². The molecule has 0 aromatic heterocycles. The summed E-state index contributed by atoms with van der Waals surface area (Å²) in [6.07, 6.45) is 1.14. The van der Waals surface area contributed by atoms with E-state index in [4.69, 9.17) is 11.6 Å². The predicted octanol–water partition coefficient (Wildman–Crippen LogP) is 1.94. The van der Waals surface area contributed by atoms with Crippen LogP contribution in [-0.2, 0) is 9.53 Å². The van der Waals surface area contributed by atoms with Gasteiger partial charge in [0.25, 0.3) is 0 Å². The number of alkyl halides is 2. The molecule has 0 atom stereocenters. The second-order valence-corrected chi connectivity index (χ2v) is 2.42. The summed E-state index contributed by atoms with van der Waals surface area (Å²) < 4.78 is 5.06. The van der Waals surface area contributed by atoms with Gasteiger partial charge in [0.1, 0.15) is 4.61 Å². The number of ether oxygens (including phenoxy) is 1. The molecule has 0 aliphatic heterocycles. The van der Waals surface area contributed by atoms with Crippen molar-refractivity contribution >= 4 is 40.2 Å². The first kappa shape index (κ1) is 9.49. The standard InChI is InChI=1S/C5H8ClIO2/c6-3-1-2-5(8)9-4-7/h1-4H2. The molecule has 0 fully saturated rings. The normalized spacial score (nSPS) is 9.11. The van der Waals surface area contributed by atoms with Gasteiger partial charge in [-0.3, -0.25) is 4.79 Å². The topological polar surface area (TPSA) is 26.3 Å². The number of hydrogen-bond acceptors (Lipinski definition) is 2. The number of halogens is 2. The predicted molar refractivity (Wildman–Crippen MR) is 44.9 cm³/mol. The van der Waals surface area contributed by atoms with Crippen molar-refractivity contribution in [1.82, 2.24) is 0 Å². The van der Waals surface area contributed by atoms with E-state index in [2.05, 4.69) is 4.74 Å². The third-order valence-corrected chi connectivity index (χ3v) is 1.31. The number of carbonyl (C=O) groups is 1. The van der Waals surface area contributed by atoms with E-state index < -0.39 is 0 Å². The molecule has 0 amide bonds. The van der Waals surface area contributed by atoms with Gasteiger partial charge in [-0.15, -0.1) is 11.6 Å². The van der Waals surface area contributed by atoms with E-state index in [9.17, 15) is 4.79 Å². The van der Waals surface area contributed by atoms with Gasteiger partial charge < -0.3 is 4.74 Å². The lowest BCUT2D eigenvalue weighted by atomic mass is 10.3. The van der Waals surface area contributed by atoms with Gasteiger partial charge in [-0.2, -0.15) is 0 Å². The van der Waals surface area contributed by atoms with Crippen molar-refractivity contribution in [2.24, 2.45) is 0 Å². The molecule has 0 N–H and O–H groups in total. The third kappa shape index (κ3) is 6.37. The highest BCUT2D eigenvalue weighted by molar-refractivity contribution is 14.1. The molecule has 0 aliphatic rings. The lowest BCUT2D eigenvalue weighted by Crippen LogP contribution is -2.01. The molecule has 0 saturated heterocycles. The van der Waals surface area contributed by atoms with Gasteiger partial charge in [0.15, 0.2) is 0 Å². The van der Waals surface area contributed by atoms with Crippen LogP contribution in [0.5, 0.6) is 0 Å². The summed E-state index contributed by atoms with van der Waals surface area (Å²) in [5, 5.41) is 0. The van der Waals surface area contributed by atoms with E-state index in [1.165, 1.54) is 0 Å². The average Bonchev–Trinajstić information content (AvgIpc) is 1.85. The first-order chi connectivity index (χ1) is 4.31. The molecule has 0 rings (SSSR count). The van der Waals surface area contributed by atoms with E-state index in [1.807, 2.05) is 22.6 Å². The first-order valence-electron chi connectivity index (χ1n) is 2.58. The fourth-order valence-electron chi connectivity index (χ4n) is 0.344. The van der Waals surface area contributed by atoms with Crippen LogP contribution in [-0.4, -0.2) is 16.5 Å². The Morgan fingerprint density at radius 2 is 2.33 bits per heavy atom. The van der Waals surface area contributed by atoms with Gasteiger partial charge in [-0.25, -0.2) is 0 Å². The zero-order chi connectivity index (χ0) is 7.11. The molecule has 0 aromatic carbocycles. The Hall–Kier alpha value is 0.490. The minimum Gasteiger partial charge on any atom is -0.455 e. The van der Waals surface area contributed by atoms with Gasteiger partial charge in [-0.05, 0) is 29.0 Å². The van der Waals surface area contributed by atoms with Crippen LogP contribution in [0, 0.1) is 0 Å². The van der Waals surface area contributed by atoms with E-state index in [0.717, 1.165) is 0 Å². The summed E-state index contributed by atoms with van der Waals surface area (Å²) >= 11 is 7.31. The maximum Gasteiger partial charge on any atom is 0.306 e. The summed E-state index contributed by atoms with van der Waals surface area (Å²) in [5.74, 6) is 0.362. The lowest BCUT2D eigenvalue weighted by molar-refractivity contribution is -0.141. The van der Waals surface area contributed by atoms with E-state index in [0.29, 0.717) is 23.3 Å². The third-order valence-electron chi connectivity index (χ3n) is 0.730. The largest absolute Gasteiger partial charge is 0.455 e. The molecule has 0 aromatic rings. The highest BCUT2D eigenvalue weighted by atomic mass is 127. The fraction of sp³-hybridized carbons (Fsp3) is 0.800. The van der Waals surface area contributed by atoms with Gasteiger partial charge in [-0.1, -0.05) is 0 Å². The molecular weight excluding hydrogens is 254 g/mol. The lowest BCUT2D eigenvalue weighted by Gasteiger charge is -1.96. The Labute approximate surface area is 73.0 Å². The summed E-state index contributed by atoms with van der Waals surface area (Å²) in [6.45, 7) is 0. The van der Waals surface area contributed by atoms with Crippen LogP contribution in [0.3, 0.4) is 0 Å². The molecule has 9 heavy (non-hydrogen) atoms. The Morgan fingerprint density at radius 1 is 1.67 bits per heavy atom. The molecule has 0 heterocycles. The van der Waals surface area contributed by atoms with Crippen LogP contribution in [0.1, 0.15) is 12.8 Å². The van der Waals surface area contributed by atoms with Crippen molar-refractivity contribution < 1.29 is 9.53 Å². The zero-order valence-electron chi connectivity index (χ0n) is 4.90. The van der Waals surface area contributed by atoms with E-state index in [-0.39, 0.29) is 5.97 Å². The molecule has 2 nitrogen and oxygen atoms in total. The van der Waals surface area contributed by atoms with Crippen molar-refractivity contribution in [3.8, 4) is 0 Å². The number of carbonyl (C=O) groups excluding carboxylic acids is 1. The Morgan fingerprint density at radius 3 is 2.78 bits per heavy atom. The Kier molecular flexibility index (Phi) is 6.97. The molecular formula is C5H8ClIO2. The summed E-state index contributed by atoms with van der Waals surface area (Å²) in [6, 6.07) is 0. The van der Waals surface area contributed by atoms with Crippen LogP contribution in [0.15, 0.2) is 0 Å². The molecule has 0 aliphatic carbocycles. The van der Waals surface area contributed by atoms with Crippen molar-refractivity contribution in [2.75, 3.05) is 10.5 Å². The van der Waals surface area contributed by atoms with Gasteiger partial charge in [0, 0.05) is 12.3 Å². The molecule has 0 radical (unpaired) electrons. The summed E-state index contributed by atoms with van der Waals surface area (Å²) in [7, 11) is 0. The maximum atomic E-state index is 10.5. The average molecular weight is 262 g/mol. The molecule has 4 heteroatoms. The number of rotatable bonds is 4. The second kappa shape index (κ2) is 6.61. The van der Waals surface area contributed by atoms with Gasteiger partial charge in [0.2, 0.25) is 0 Å². The van der Waals surface area contributed by atoms with Crippen molar-refractivity contribution in [2.45, 2.75) is 12.8 Å². The summed E-state index contributed by atoms with van der Waals surface area (Å²) in [4.78, 5) is 10.5. The molecule has 0 unspecified atom stereocenters. The van der Waals surface area contributed by atoms with Crippen LogP contribution in [0.2, 0.25) is 0 Å².